The summed E-state index contributed by atoms with van der Waals surface area (Å²) in [6, 6.07) is 14.8. The lowest BCUT2D eigenvalue weighted by Crippen LogP contribution is -2.24. The standard InChI is InChI=1S/C23H23N5O3/c1-4-17(16-9-6-5-7-10-16)22(30)25-20-13-18(19-11-8-12-31-19)27-28(20)23-24-15(3)14(2)21(29)26-23/h5-13,17H,4H2,1-3H3,(H,25,30)(H,24,26,29). The average molecular weight is 417 g/mol. The first-order valence-electron chi connectivity index (χ1n) is 10.1. The Balaban J connectivity index is 1.76. The summed E-state index contributed by atoms with van der Waals surface area (Å²) in [7, 11) is 0. The molecule has 0 aliphatic heterocycles. The molecule has 0 spiro atoms. The number of hydrogen-bond donors (Lipinski definition) is 2. The van der Waals surface area contributed by atoms with Crippen LogP contribution in [0.1, 0.15) is 36.1 Å². The van der Waals surface area contributed by atoms with Crippen molar-refractivity contribution in [1.29, 1.82) is 0 Å². The molecule has 3 aromatic heterocycles. The van der Waals surface area contributed by atoms with Crippen LogP contribution in [0.3, 0.4) is 0 Å². The summed E-state index contributed by atoms with van der Waals surface area (Å²) in [5, 5.41) is 7.47. The van der Waals surface area contributed by atoms with Crippen LogP contribution in [0.5, 0.6) is 0 Å². The minimum Gasteiger partial charge on any atom is -0.463 e. The summed E-state index contributed by atoms with van der Waals surface area (Å²) in [5.41, 5.74) is 2.29. The van der Waals surface area contributed by atoms with Crippen LogP contribution in [0.4, 0.5) is 5.82 Å². The summed E-state index contributed by atoms with van der Waals surface area (Å²) in [5.74, 6) is 0.636. The highest BCUT2D eigenvalue weighted by Crippen LogP contribution is 2.26. The SMILES string of the molecule is CCC(C(=O)Nc1cc(-c2ccco2)nn1-c1nc(C)c(C)c(=O)[nH]1)c1ccccc1. The monoisotopic (exact) mass is 417 g/mol. The summed E-state index contributed by atoms with van der Waals surface area (Å²) in [6.07, 6.45) is 2.18. The molecule has 2 N–H and O–H groups in total. The zero-order chi connectivity index (χ0) is 22.0. The van der Waals surface area contributed by atoms with E-state index >= 15 is 0 Å². The van der Waals surface area contributed by atoms with Gasteiger partial charge in [0.25, 0.3) is 5.56 Å². The van der Waals surface area contributed by atoms with Crippen molar-refractivity contribution in [3.05, 3.63) is 82.0 Å². The van der Waals surface area contributed by atoms with Gasteiger partial charge in [-0.2, -0.15) is 9.78 Å². The van der Waals surface area contributed by atoms with Crippen LogP contribution in [0.2, 0.25) is 0 Å². The number of furan rings is 1. The van der Waals surface area contributed by atoms with E-state index in [4.69, 9.17) is 4.42 Å². The number of nitrogens with one attached hydrogen (secondary N) is 2. The van der Waals surface area contributed by atoms with E-state index in [0.29, 0.717) is 35.0 Å². The number of amides is 1. The summed E-state index contributed by atoms with van der Waals surface area (Å²) in [4.78, 5) is 32.6. The third-order valence-corrected chi connectivity index (χ3v) is 5.24. The van der Waals surface area contributed by atoms with Crippen molar-refractivity contribution < 1.29 is 9.21 Å². The van der Waals surface area contributed by atoms with Crippen molar-refractivity contribution >= 4 is 11.7 Å². The van der Waals surface area contributed by atoms with Crippen LogP contribution in [0.15, 0.2) is 64.0 Å². The average Bonchev–Trinajstić information content (AvgIpc) is 3.43. The predicted octanol–water partition coefficient (Wildman–Crippen LogP) is 3.96. The molecule has 0 fully saturated rings. The van der Waals surface area contributed by atoms with E-state index in [9.17, 15) is 9.59 Å². The maximum absolute atomic E-state index is 13.1. The number of carbonyl (C=O) groups excluding carboxylic acids is 1. The molecule has 1 amide bonds. The number of aromatic nitrogens is 4. The molecule has 0 saturated heterocycles. The largest absolute Gasteiger partial charge is 0.463 e. The minimum atomic E-state index is -0.330. The topological polar surface area (TPSA) is 106 Å². The van der Waals surface area contributed by atoms with Gasteiger partial charge in [-0.05, 0) is 38.0 Å². The molecular formula is C23H23N5O3. The number of benzene rings is 1. The second kappa shape index (κ2) is 8.43. The first kappa shape index (κ1) is 20.3. The number of nitrogens with zero attached hydrogens (tertiary/aromatic N) is 3. The van der Waals surface area contributed by atoms with Gasteiger partial charge >= 0.3 is 0 Å². The quantitative estimate of drug-likeness (QED) is 0.494. The number of anilines is 1. The molecule has 0 radical (unpaired) electrons. The molecule has 8 heteroatoms. The lowest BCUT2D eigenvalue weighted by molar-refractivity contribution is -0.117. The molecule has 0 bridgehead atoms. The number of aromatic amines is 1. The lowest BCUT2D eigenvalue weighted by Gasteiger charge is -2.16. The van der Waals surface area contributed by atoms with Gasteiger partial charge in [0.1, 0.15) is 11.5 Å². The Morgan fingerprint density at radius 1 is 1.19 bits per heavy atom. The van der Waals surface area contributed by atoms with Crippen molar-refractivity contribution in [2.24, 2.45) is 0 Å². The van der Waals surface area contributed by atoms with Crippen molar-refractivity contribution in [3.8, 4) is 17.4 Å². The summed E-state index contributed by atoms with van der Waals surface area (Å²) in [6.45, 7) is 5.42. The Morgan fingerprint density at radius 2 is 1.97 bits per heavy atom. The Hall–Kier alpha value is -3.94. The van der Waals surface area contributed by atoms with E-state index in [2.05, 4.69) is 20.4 Å². The zero-order valence-corrected chi connectivity index (χ0v) is 17.5. The highest BCUT2D eigenvalue weighted by molar-refractivity contribution is 5.95. The van der Waals surface area contributed by atoms with Crippen LogP contribution in [0.25, 0.3) is 17.4 Å². The van der Waals surface area contributed by atoms with Gasteiger partial charge in [-0.3, -0.25) is 14.6 Å². The van der Waals surface area contributed by atoms with Gasteiger partial charge in [0.05, 0.1) is 12.2 Å². The molecule has 1 aromatic carbocycles. The van der Waals surface area contributed by atoms with Gasteiger partial charge < -0.3 is 9.73 Å². The van der Waals surface area contributed by atoms with Crippen LogP contribution < -0.4 is 10.9 Å². The van der Waals surface area contributed by atoms with Gasteiger partial charge in [-0.25, -0.2) is 4.98 Å². The van der Waals surface area contributed by atoms with Crippen LogP contribution in [-0.4, -0.2) is 25.7 Å². The fraction of sp³-hybridized carbons (Fsp3) is 0.217. The molecule has 158 valence electrons. The van der Waals surface area contributed by atoms with E-state index < -0.39 is 0 Å². The van der Waals surface area contributed by atoms with E-state index in [-0.39, 0.29) is 23.3 Å². The Morgan fingerprint density at radius 3 is 2.61 bits per heavy atom. The van der Waals surface area contributed by atoms with Gasteiger partial charge in [-0.15, -0.1) is 0 Å². The molecule has 0 aliphatic rings. The van der Waals surface area contributed by atoms with E-state index in [0.717, 1.165) is 5.56 Å². The molecule has 8 nitrogen and oxygen atoms in total. The molecule has 1 atom stereocenters. The maximum atomic E-state index is 13.1. The molecule has 31 heavy (non-hydrogen) atoms. The van der Waals surface area contributed by atoms with Crippen molar-refractivity contribution in [1.82, 2.24) is 19.7 Å². The van der Waals surface area contributed by atoms with Gasteiger partial charge in [-0.1, -0.05) is 37.3 Å². The first-order valence-corrected chi connectivity index (χ1v) is 10.1. The van der Waals surface area contributed by atoms with Gasteiger partial charge in [0.15, 0.2) is 5.76 Å². The van der Waals surface area contributed by atoms with Crippen LogP contribution >= 0.6 is 0 Å². The van der Waals surface area contributed by atoms with E-state index in [1.807, 2.05) is 37.3 Å². The second-order valence-electron chi connectivity index (χ2n) is 7.26. The van der Waals surface area contributed by atoms with Gasteiger partial charge in [0.2, 0.25) is 11.9 Å². The number of carbonyl (C=O) groups is 1. The normalized spacial score (nSPS) is 12.0. The zero-order valence-electron chi connectivity index (χ0n) is 17.5. The van der Waals surface area contributed by atoms with Crippen LogP contribution in [-0.2, 0) is 4.79 Å². The smallest absolute Gasteiger partial charge is 0.255 e. The van der Waals surface area contributed by atoms with Crippen LogP contribution in [0, 0.1) is 13.8 Å². The van der Waals surface area contributed by atoms with E-state index in [1.165, 1.54) is 4.68 Å². The number of aryl methyl sites for hydroxylation is 1. The molecule has 4 rings (SSSR count). The summed E-state index contributed by atoms with van der Waals surface area (Å²) >= 11 is 0. The molecule has 1 unspecified atom stereocenters. The second-order valence-corrected chi connectivity index (χ2v) is 7.26. The fourth-order valence-electron chi connectivity index (χ4n) is 3.38. The van der Waals surface area contributed by atoms with Crippen molar-refractivity contribution in [2.45, 2.75) is 33.1 Å². The van der Waals surface area contributed by atoms with E-state index in [1.54, 1.807) is 38.3 Å². The predicted molar refractivity (Wildman–Crippen MR) is 117 cm³/mol. The Bertz CT molecular complexity index is 1260. The maximum Gasteiger partial charge on any atom is 0.255 e. The molecule has 0 aliphatic carbocycles. The number of hydrogen-bond acceptors (Lipinski definition) is 5. The van der Waals surface area contributed by atoms with Crippen molar-refractivity contribution in [2.75, 3.05) is 5.32 Å². The highest BCUT2D eigenvalue weighted by atomic mass is 16.3. The number of rotatable bonds is 6. The third kappa shape index (κ3) is 4.05. The highest BCUT2D eigenvalue weighted by Gasteiger charge is 2.22. The fourth-order valence-corrected chi connectivity index (χ4v) is 3.38. The molecule has 3 heterocycles. The molecule has 0 saturated carbocycles. The lowest BCUT2D eigenvalue weighted by atomic mass is 9.96. The van der Waals surface area contributed by atoms with Gasteiger partial charge in [0, 0.05) is 17.3 Å². The summed E-state index contributed by atoms with van der Waals surface area (Å²) < 4.78 is 6.87. The Kier molecular flexibility index (Phi) is 5.53. The molecule has 4 aromatic rings. The minimum absolute atomic E-state index is 0.174. The Labute approximate surface area is 179 Å². The first-order chi connectivity index (χ1) is 15.0. The van der Waals surface area contributed by atoms with Crippen molar-refractivity contribution in [3.63, 3.8) is 0 Å². The number of H-pyrrole nitrogens is 1. The third-order valence-electron chi connectivity index (χ3n) is 5.24. The molecular weight excluding hydrogens is 394 g/mol.